The Morgan fingerprint density at radius 2 is 1.83 bits per heavy atom. The van der Waals surface area contributed by atoms with Crippen molar-refractivity contribution in [1.82, 2.24) is 10.3 Å². The largest absolute Gasteiger partial charge is 0.493 e. The lowest BCUT2D eigenvalue weighted by molar-refractivity contribution is 0.0947. The lowest BCUT2D eigenvalue weighted by Gasteiger charge is -2.14. The molecule has 7 heteroatoms. The van der Waals surface area contributed by atoms with E-state index in [1.165, 1.54) is 11.8 Å². The topological polar surface area (TPSA) is 69.7 Å². The molecule has 1 aromatic carbocycles. The normalized spacial score (nSPS) is 10.2. The van der Waals surface area contributed by atoms with Crippen LogP contribution >= 0.6 is 11.8 Å². The zero-order valence-electron chi connectivity index (χ0n) is 14.1. The molecular weight excluding hydrogens is 328 g/mol. The summed E-state index contributed by atoms with van der Waals surface area (Å²) in [4.78, 5) is 16.6. The number of benzene rings is 1. The number of carbonyl (C=O) groups excluding carboxylic acids is 1. The average molecular weight is 348 g/mol. The maximum absolute atomic E-state index is 12.4. The number of nitrogens with one attached hydrogen (secondary N) is 1. The number of nitrogens with zero attached hydrogens (tertiary/aromatic N) is 1. The number of aromatic nitrogens is 1. The van der Waals surface area contributed by atoms with Crippen LogP contribution in [-0.4, -0.2) is 38.5 Å². The third-order valence-electron chi connectivity index (χ3n) is 3.39. The maximum atomic E-state index is 12.4. The smallest absolute Gasteiger partial charge is 0.254 e. The van der Waals surface area contributed by atoms with Crippen LogP contribution in [0.25, 0.3) is 0 Å². The molecule has 0 unspecified atom stereocenters. The SMILES string of the molecule is COc1cc(CNC(=O)c2cccnc2SC)cc(OC)c1OC. The molecule has 0 spiro atoms. The van der Waals surface area contributed by atoms with Gasteiger partial charge < -0.3 is 19.5 Å². The highest BCUT2D eigenvalue weighted by Gasteiger charge is 2.15. The van der Waals surface area contributed by atoms with Gasteiger partial charge in [-0.05, 0) is 36.1 Å². The van der Waals surface area contributed by atoms with Crippen molar-refractivity contribution in [3.8, 4) is 17.2 Å². The number of hydrogen-bond donors (Lipinski definition) is 1. The van der Waals surface area contributed by atoms with Crippen LogP contribution < -0.4 is 19.5 Å². The third-order valence-corrected chi connectivity index (χ3v) is 4.10. The van der Waals surface area contributed by atoms with Crippen LogP contribution in [0.2, 0.25) is 0 Å². The van der Waals surface area contributed by atoms with Gasteiger partial charge in [0.1, 0.15) is 5.03 Å². The first-order valence-electron chi connectivity index (χ1n) is 7.20. The zero-order valence-corrected chi connectivity index (χ0v) is 14.9. The summed E-state index contributed by atoms with van der Waals surface area (Å²) in [7, 11) is 4.66. The predicted octanol–water partition coefficient (Wildman–Crippen LogP) is 2.76. The van der Waals surface area contributed by atoms with Crippen LogP contribution in [-0.2, 0) is 6.54 Å². The van der Waals surface area contributed by atoms with Gasteiger partial charge in [-0.25, -0.2) is 4.98 Å². The second-order valence-corrected chi connectivity index (χ2v) is 5.57. The van der Waals surface area contributed by atoms with E-state index in [1.807, 2.05) is 6.26 Å². The Bertz CT molecular complexity index is 696. The Morgan fingerprint density at radius 3 is 2.38 bits per heavy atom. The molecule has 6 nitrogen and oxygen atoms in total. The lowest BCUT2D eigenvalue weighted by atomic mass is 10.1. The van der Waals surface area contributed by atoms with Crippen molar-refractivity contribution in [2.45, 2.75) is 11.6 Å². The van der Waals surface area contributed by atoms with Crippen molar-refractivity contribution in [2.24, 2.45) is 0 Å². The third kappa shape index (κ3) is 3.91. The minimum atomic E-state index is -0.179. The van der Waals surface area contributed by atoms with E-state index in [-0.39, 0.29) is 5.91 Å². The van der Waals surface area contributed by atoms with Crippen LogP contribution in [0.5, 0.6) is 17.2 Å². The standard InChI is InChI=1S/C17H20N2O4S/c1-21-13-8-11(9-14(22-2)15(13)23-3)10-19-16(20)12-6-5-7-18-17(12)24-4/h5-9H,10H2,1-4H3,(H,19,20). The van der Waals surface area contributed by atoms with Crippen LogP contribution in [0, 0.1) is 0 Å². The first-order chi connectivity index (χ1) is 11.6. The van der Waals surface area contributed by atoms with Crippen molar-refractivity contribution in [3.05, 3.63) is 41.6 Å². The first-order valence-corrected chi connectivity index (χ1v) is 8.43. The Morgan fingerprint density at radius 1 is 1.17 bits per heavy atom. The van der Waals surface area contributed by atoms with E-state index < -0.39 is 0 Å². The molecule has 0 aliphatic rings. The van der Waals surface area contributed by atoms with Gasteiger partial charge in [-0.15, -0.1) is 11.8 Å². The Kier molecular flexibility index (Phi) is 6.31. The van der Waals surface area contributed by atoms with Gasteiger partial charge in [0.25, 0.3) is 5.91 Å². The summed E-state index contributed by atoms with van der Waals surface area (Å²) in [6.45, 7) is 0.332. The number of amides is 1. The molecule has 1 heterocycles. The fraction of sp³-hybridized carbons (Fsp3) is 0.294. The molecule has 0 bridgehead atoms. The van der Waals surface area contributed by atoms with Gasteiger partial charge >= 0.3 is 0 Å². The van der Waals surface area contributed by atoms with E-state index in [0.717, 1.165) is 5.56 Å². The molecule has 0 saturated carbocycles. The quantitative estimate of drug-likeness (QED) is 0.776. The fourth-order valence-electron chi connectivity index (χ4n) is 2.24. The van der Waals surface area contributed by atoms with Gasteiger partial charge in [0, 0.05) is 12.7 Å². The number of carbonyl (C=O) groups is 1. The summed E-state index contributed by atoms with van der Waals surface area (Å²) in [5, 5.41) is 3.58. The molecular formula is C17H20N2O4S. The first kappa shape index (κ1) is 17.9. The molecule has 1 aromatic heterocycles. The van der Waals surface area contributed by atoms with Gasteiger partial charge in [0.15, 0.2) is 11.5 Å². The Hall–Kier alpha value is -2.41. The highest BCUT2D eigenvalue weighted by Crippen LogP contribution is 2.38. The Balaban J connectivity index is 2.18. The van der Waals surface area contributed by atoms with Gasteiger partial charge in [-0.2, -0.15) is 0 Å². The van der Waals surface area contributed by atoms with Crippen LogP contribution in [0.15, 0.2) is 35.5 Å². The van der Waals surface area contributed by atoms with Crippen molar-refractivity contribution in [1.29, 1.82) is 0 Å². The second-order valence-electron chi connectivity index (χ2n) is 4.78. The van der Waals surface area contributed by atoms with E-state index in [4.69, 9.17) is 14.2 Å². The molecule has 0 fully saturated rings. The second kappa shape index (κ2) is 8.44. The van der Waals surface area contributed by atoms with Crippen LogP contribution in [0.3, 0.4) is 0 Å². The summed E-state index contributed by atoms with van der Waals surface area (Å²) in [6, 6.07) is 7.11. The van der Waals surface area contributed by atoms with Crippen LogP contribution in [0.1, 0.15) is 15.9 Å². The number of pyridine rings is 1. The molecule has 0 aliphatic heterocycles. The monoisotopic (exact) mass is 348 g/mol. The fourth-order valence-corrected chi connectivity index (χ4v) is 2.79. The highest BCUT2D eigenvalue weighted by atomic mass is 32.2. The van der Waals surface area contributed by atoms with Crippen molar-refractivity contribution in [2.75, 3.05) is 27.6 Å². The zero-order chi connectivity index (χ0) is 17.5. The summed E-state index contributed by atoms with van der Waals surface area (Å²) >= 11 is 1.43. The summed E-state index contributed by atoms with van der Waals surface area (Å²) in [5.74, 6) is 1.44. The minimum Gasteiger partial charge on any atom is -0.493 e. The molecule has 0 atom stereocenters. The number of ether oxygens (including phenoxy) is 3. The molecule has 2 rings (SSSR count). The van der Waals surface area contributed by atoms with E-state index >= 15 is 0 Å². The summed E-state index contributed by atoms with van der Waals surface area (Å²) in [6.07, 6.45) is 3.56. The van der Waals surface area contributed by atoms with Gasteiger partial charge in [-0.3, -0.25) is 4.79 Å². The molecule has 0 saturated heterocycles. The van der Waals surface area contributed by atoms with E-state index in [2.05, 4.69) is 10.3 Å². The molecule has 24 heavy (non-hydrogen) atoms. The number of hydrogen-bond acceptors (Lipinski definition) is 6. The lowest BCUT2D eigenvalue weighted by Crippen LogP contribution is -2.23. The molecule has 1 N–H and O–H groups in total. The van der Waals surface area contributed by atoms with Crippen LogP contribution in [0.4, 0.5) is 0 Å². The van der Waals surface area contributed by atoms with Gasteiger partial charge in [0.05, 0.1) is 26.9 Å². The van der Waals surface area contributed by atoms with Gasteiger partial charge in [0.2, 0.25) is 5.75 Å². The summed E-state index contributed by atoms with van der Waals surface area (Å²) < 4.78 is 15.9. The number of thioether (sulfide) groups is 1. The summed E-state index contributed by atoms with van der Waals surface area (Å²) in [5.41, 5.74) is 1.39. The van der Waals surface area contributed by atoms with Crippen molar-refractivity contribution in [3.63, 3.8) is 0 Å². The maximum Gasteiger partial charge on any atom is 0.254 e. The number of rotatable bonds is 7. The van der Waals surface area contributed by atoms with Crippen molar-refractivity contribution < 1.29 is 19.0 Å². The highest BCUT2D eigenvalue weighted by molar-refractivity contribution is 7.98. The predicted molar refractivity (Wildman–Crippen MR) is 93.3 cm³/mol. The molecule has 0 aliphatic carbocycles. The van der Waals surface area contributed by atoms with Crippen molar-refractivity contribution >= 4 is 17.7 Å². The van der Waals surface area contributed by atoms with E-state index in [1.54, 1.807) is 51.8 Å². The molecule has 0 radical (unpaired) electrons. The number of methoxy groups -OCH3 is 3. The Labute approximate surface area is 145 Å². The average Bonchev–Trinajstić information content (AvgIpc) is 2.64. The van der Waals surface area contributed by atoms with E-state index in [9.17, 15) is 4.79 Å². The molecule has 2 aromatic rings. The van der Waals surface area contributed by atoms with E-state index in [0.29, 0.717) is 34.4 Å². The minimum absolute atomic E-state index is 0.179. The van der Waals surface area contributed by atoms with Gasteiger partial charge in [-0.1, -0.05) is 0 Å². The molecule has 1 amide bonds. The molecule has 128 valence electrons.